The predicted molar refractivity (Wildman–Crippen MR) is 108 cm³/mol. The first-order chi connectivity index (χ1) is 15.5. The average Bonchev–Trinajstić information content (AvgIpc) is 2.70. The average molecular weight is 617 g/mol. The lowest BCUT2D eigenvalue weighted by Crippen LogP contribution is -2.59. The summed E-state index contributed by atoms with van der Waals surface area (Å²) >= 11 is 1.23. The molecule has 0 saturated heterocycles. The maximum Gasteiger partial charge on any atom is 0.457 e. The van der Waals surface area contributed by atoms with Crippen molar-refractivity contribution in [3.8, 4) is 5.75 Å². The maximum atomic E-state index is 14.9. The second kappa shape index (κ2) is 8.75. The Morgan fingerprint density at radius 2 is 1.50 bits per heavy atom. The summed E-state index contributed by atoms with van der Waals surface area (Å²) < 4.78 is 151. The molecule has 2 aromatic rings. The van der Waals surface area contributed by atoms with E-state index in [9.17, 15) is 48.3 Å². The van der Waals surface area contributed by atoms with Crippen LogP contribution in [-0.4, -0.2) is 31.4 Å². The van der Waals surface area contributed by atoms with Crippen LogP contribution in [0.1, 0.15) is 11.1 Å². The summed E-state index contributed by atoms with van der Waals surface area (Å²) in [4.78, 5) is 1.26. The van der Waals surface area contributed by atoms with E-state index in [-0.39, 0.29) is 24.4 Å². The van der Waals surface area contributed by atoms with Crippen LogP contribution in [0.5, 0.6) is 5.75 Å². The van der Waals surface area contributed by atoms with Crippen molar-refractivity contribution in [3.05, 3.63) is 57.2 Å². The van der Waals surface area contributed by atoms with Crippen LogP contribution in [0.25, 0.3) is 6.08 Å². The number of hydrogen-bond acceptors (Lipinski definition) is 2. The van der Waals surface area contributed by atoms with Crippen molar-refractivity contribution >= 4 is 40.0 Å². The van der Waals surface area contributed by atoms with E-state index in [0.717, 1.165) is 0 Å². The number of para-hydroxylation sites is 1. The molecule has 1 aliphatic heterocycles. The van der Waals surface area contributed by atoms with Crippen LogP contribution in [0.2, 0.25) is 0 Å². The zero-order valence-corrected chi connectivity index (χ0v) is 18.5. The van der Waals surface area contributed by atoms with Gasteiger partial charge in [0.2, 0.25) is 0 Å². The monoisotopic (exact) mass is 617 g/mol. The molecule has 3 rings (SSSR count). The summed E-state index contributed by atoms with van der Waals surface area (Å²) in [6.07, 6.45) is -10.6. The normalized spacial score (nSPS) is 16.4. The van der Waals surface area contributed by atoms with Crippen LogP contribution in [-0.2, 0) is 5.67 Å². The Morgan fingerprint density at radius 1 is 0.882 bits per heavy atom. The third-order valence-corrected chi connectivity index (χ3v) is 5.73. The van der Waals surface area contributed by atoms with Gasteiger partial charge in [-0.1, -0.05) is 30.4 Å². The molecule has 1 heterocycles. The van der Waals surface area contributed by atoms with E-state index in [1.54, 1.807) is 24.3 Å². The fourth-order valence-electron chi connectivity index (χ4n) is 3.41. The summed E-state index contributed by atoms with van der Waals surface area (Å²) in [6, 6.07) is 6.16. The molecule has 1 aliphatic rings. The first-order valence-electron chi connectivity index (χ1n) is 9.04. The van der Waals surface area contributed by atoms with Gasteiger partial charge in [-0.2, -0.15) is 43.9 Å². The highest BCUT2D eigenvalue weighted by Gasteiger charge is 2.81. The molecule has 0 N–H and O–H groups in total. The van der Waals surface area contributed by atoms with Gasteiger partial charge in [0.05, 0.1) is 5.69 Å². The molecule has 186 valence electrons. The second-order valence-corrected chi connectivity index (χ2v) is 8.15. The number of halogens is 12. The SMILES string of the molecule is FC(F)Oc1cc(C(F)(C(F)(F)F)C(F)(F)C(F)(F)F)cc(I)c1N1CC=Cc2ccccc21. The Balaban J connectivity index is 2.30. The molecule has 1 atom stereocenters. The van der Waals surface area contributed by atoms with E-state index in [2.05, 4.69) is 4.74 Å². The fourth-order valence-corrected chi connectivity index (χ4v) is 4.30. The van der Waals surface area contributed by atoms with Crippen molar-refractivity contribution in [2.24, 2.45) is 0 Å². The van der Waals surface area contributed by atoms with E-state index in [1.807, 2.05) is 0 Å². The van der Waals surface area contributed by atoms with Crippen molar-refractivity contribution in [2.45, 2.75) is 30.6 Å². The molecule has 1 unspecified atom stereocenters. The van der Waals surface area contributed by atoms with E-state index in [0.29, 0.717) is 11.3 Å². The number of benzene rings is 2. The minimum atomic E-state index is -6.96. The summed E-state index contributed by atoms with van der Waals surface area (Å²) in [6.45, 7) is -3.77. The van der Waals surface area contributed by atoms with Gasteiger partial charge in [0.1, 0.15) is 0 Å². The van der Waals surface area contributed by atoms with Crippen molar-refractivity contribution in [1.82, 2.24) is 0 Å². The van der Waals surface area contributed by atoms with Crippen molar-refractivity contribution < 1.29 is 53.0 Å². The third kappa shape index (κ3) is 4.28. The molecule has 34 heavy (non-hydrogen) atoms. The Morgan fingerprint density at radius 3 is 2.06 bits per heavy atom. The Bertz CT molecular complexity index is 1100. The molecule has 0 saturated carbocycles. The minimum absolute atomic E-state index is 0.0509. The molecule has 0 bridgehead atoms. The number of hydrogen-bond donors (Lipinski definition) is 0. The molecule has 0 aliphatic carbocycles. The molecule has 0 spiro atoms. The van der Waals surface area contributed by atoms with Gasteiger partial charge in [-0.25, -0.2) is 4.39 Å². The predicted octanol–water partition coefficient (Wildman–Crippen LogP) is 7.98. The lowest BCUT2D eigenvalue weighted by atomic mass is 9.87. The molecular formula is C20H11F11INO. The number of anilines is 2. The molecule has 14 heteroatoms. The van der Waals surface area contributed by atoms with Gasteiger partial charge in [0.25, 0.3) is 0 Å². The van der Waals surface area contributed by atoms with Gasteiger partial charge in [0.15, 0.2) is 5.75 Å². The molecule has 0 aromatic heterocycles. The highest BCUT2D eigenvalue weighted by molar-refractivity contribution is 14.1. The first kappa shape index (κ1) is 26.3. The first-order valence-corrected chi connectivity index (χ1v) is 10.1. The molecular weight excluding hydrogens is 606 g/mol. The number of rotatable bonds is 5. The quantitative estimate of drug-likeness (QED) is 0.249. The number of ether oxygens (including phenoxy) is 1. The van der Waals surface area contributed by atoms with Crippen molar-refractivity contribution in [2.75, 3.05) is 11.4 Å². The fraction of sp³-hybridized carbons (Fsp3) is 0.300. The van der Waals surface area contributed by atoms with E-state index in [1.165, 1.54) is 39.6 Å². The Kier molecular flexibility index (Phi) is 6.78. The third-order valence-electron chi connectivity index (χ3n) is 4.90. The van der Waals surface area contributed by atoms with E-state index < -0.39 is 45.4 Å². The lowest BCUT2D eigenvalue weighted by Gasteiger charge is -2.37. The summed E-state index contributed by atoms with van der Waals surface area (Å²) in [5.41, 5.74) is -8.03. The van der Waals surface area contributed by atoms with Gasteiger partial charge in [-0.3, -0.25) is 0 Å². The van der Waals surface area contributed by atoms with Crippen LogP contribution >= 0.6 is 22.6 Å². The van der Waals surface area contributed by atoms with E-state index in [4.69, 9.17) is 0 Å². The van der Waals surface area contributed by atoms with Gasteiger partial charge in [-0.05, 0) is 46.4 Å². The van der Waals surface area contributed by atoms with Gasteiger partial charge < -0.3 is 9.64 Å². The number of nitrogens with zero attached hydrogens (tertiary/aromatic N) is 1. The highest BCUT2D eigenvalue weighted by Crippen LogP contribution is 2.59. The zero-order chi connectivity index (χ0) is 25.7. The minimum Gasteiger partial charge on any atom is -0.433 e. The number of fused-ring (bicyclic) bond motifs is 1. The molecule has 0 fully saturated rings. The van der Waals surface area contributed by atoms with Gasteiger partial charge >= 0.3 is 30.6 Å². The van der Waals surface area contributed by atoms with Gasteiger partial charge in [-0.15, -0.1) is 0 Å². The molecule has 2 aromatic carbocycles. The maximum absolute atomic E-state index is 14.9. The summed E-state index contributed by atoms with van der Waals surface area (Å²) in [7, 11) is 0. The van der Waals surface area contributed by atoms with Gasteiger partial charge in [0, 0.05) is 21.4 Å². The Labute approximate surface area is 198 Å². The highest BCUT2D eigenvalue weighted by atomic mass is 127. The summed E-state index contributed by atoms with van der Waals surface area (Å²) in [5, 5.41) is 0. The van der Waals surface area contributed by atoms with Crippen LogP contribution < -0.4 is 9.64 Å². The number of alkyl halides is 11. The lowest BCUT2D eigenvalue weighted by molar-refractivity contribution is -0.389. The van der Waals surface area contributed by atoms with Crippen LogP contribution in [0, 0.1) is 3.57 Å². The smallest absolute Gasteiger partial charge is 0.433 e. The zero-order valence-electron chi connectivity index (χ0n) is 16.3. The van der Waals surface area contributed by atoms with E-state index >= 15 is 0 Å². The van der Waals surface area contributed by atoms with Crippen molar-refractivity contribution in [1.29, 1.82) is 0 Å². The largest absolute Gasteiger partial charge is 0.457 e. The topological polar surface area (TPSA) is 12.5 Å². The standard InChI is InChI=1S/C20H11F11INO/c21-16(22)34-14-9-11(17(23,19(26,27)28)18(24,25)20(29,30)31)8-12(32)15(14)33-7-3-5-10-4-1-2-6-13(10)33/h1-6,8-9,16H,7H2. The van der Waals surface area contributed by atoms with Crippen molar-refractivity contribution in [3.63, 3.8) is 0 Å². The van der Waals surface area contributed by atoms with Crippen LogP contribution in [0.4, 0.5) is 59.7 Å². The summed E-state index contributed by atoms with van der Waals surface area (Å²) in [5.74, 6) is -8.17. The second-order valence-electron chi connectivity index (χ2n) is 6.98. The molecule has 0 amide bonds. The Hall–Kier alpha value is -2.26. The van der Waals surface area contributed by atoms with Crippen LogP contribution in [0.3, 0.4) is 0 Å². The molecule has 2 nitrogen and oxygen atoms in total. The van der Waals surface area contributed by atoms with Crippen LogP contribution in [0.15, 0.2) is 42.5 Å². The molecule has 0 radical (unpaired) electrons.